The van der Waals surface area contributed by atoms with Crippen molar-refractivity contribution >= 4 is 5.97 Å². The highest BCUT2D eigenvalue weighted by molar-refractivity contribution is 5.72. The molecule has 0 aromatic heterocycles. The van der Waals surface area contributed by atoms with E-state index in [0.717, 1.165) is 25.7 Å². The first-order valence-corrected chi connectivity index (χ1v) is 4.66. The lowest BCUT2D eigenvalue weighted by molar-refractivity contribution is -0.148. The lowest BCUT2D eigenvalue weighted by atomic mass is 10.0. The van der Waals surface area contributed by atoms with Crippen LogP contribution in [0.5, 0.6) is 0 Å². The molecule has 0 bridgehead atoms. The normalized spacial score (nSPS) is 28.1. The Labute approximate surface area is 73.6 Å². The van der Waals surface area contributed by atoms with Gasteiger partial charge in [0.25, 0.3) is 0 Å². The predicted molar refractivity (Wildman–Crippen MR) is 47.7 cm³/mol. The molecule has 1 heterocycles. The van der Waals surface area contributed by atoms with Crippen molar-refractivity contribution in [3.05, 3.63) is 12.2 Å². The summed E-state index contributed by atoms with van der Waals surface area (Å²) >= 11 is 0. The molecular weight excluding hydrogens is 152 g/mol. The topological polar surface area (TPSA) is 26.3 Å². The highest BCUT2D eigenvalue weighted by Gasteiger charge is 2.16. The highest BCUT2D eigenvalue weighted by Crippen LogP contribution is 2.13. The summed E-state index contributed by atoms with van der Waals surface area (Å²) in [6.07, 6.45) is 7.95. The van der Waals surface area contributed by atoms with Crippen LogP contribution >= 0.6 is 0 Å². The zero-order valence-corrected chi connectivity index (χ0v) is 7.58. The smallest absolute Gasteiger partial charge is 0.309 e. The lowest BCUT2D eigenvalue weighted by Gasteiger charge is -2.10. The quantitative estimate of drug-likeness (QED) is 0.443. The molecule has 0 aliphatic carbocycles. The van der Waals surface area contributed by atoms with E-state index < -0.39 is 0 Å². The Balaban J connectivity index is 2.51. The molecule has 0 saturated carbocycles. The minimum absolute atomic E-state index is 0.0240. The van der Waals surface area contributed by atoms with Gasteiger partial charge in [0.1, 0.15) is 0 Å². The molecule has 0 radical (unpaired) electrons. The predicted octanol–water partition coefficient (Wildman–Crippen LogP) is 2.30. The molecule has 12 heavy (non-hydrogen) atoms. The van der Waals surface area contributed by atoms with Crippen molar-refractivity contribution in [3.63, 3.8) is 0 Å². The molecular formula is C10H16O2. The molecule has 2 nitrogen and oxygen atoms in total. The highest BCUT2D eigenvalue weighted by atomic mass is 16.5. The summed E-state index contributed by atoms with van der Waals surface area (Å²) in [4.78, 5) is 11.3. The first kappa shape index (κ1) is 9.30. The monoisotopic (exact) mass is 168 g/mol. The average molecular weight is 168 g/mol. The van der Waals surface area contributed by atoms with Gasteiger partial charge in [-0.25, -0.2) is 0 Å². The van der Waals surface area contributed by atoms with E-state index in [2.05, 4.69) is 12.2 Å². The van der Waals surface area contributed by atoms with E-state index in [9.17, 15) is 4.79 Å². The largest absolute Gasteiger partial charge is 0.465 e. The number of hydrogen-bond donors (Lipinski definition) is 0. The van der Waals surface area contributed by atoms with Crippen molar-refractivity contribution in [2.24, 2.45) is 5.92 Å². The van der Waals surface area contributed by atoms with Crippen molar-refractivity contribution in [1.29, 1.82) is 0 Å². The van der Waals surface area contributed by atoms with Crippen LogP contribution in [0.3, 0.4) is 0 Å². The van der Waals surface area contributed by atoms with Crippen LogP contribution in [0.4, 0.5) is 0 Å². The Morgan fingerprint density at radius 3 is 3.17 bits per heavy atom. The Hall–Kier alpha value is -0.790. The Morgan fingerprint density at radius 2 is 2.42 bits per heavy atom. The van der Waals surface area contributed by atoms with Crippen molar-refractivity contribution in [1.82, 2.24) is 0 Å². The molecule has 0 amide bonds. The summed E-state index contributed by atoms with van der Waals surface area (Å²) in [5, 5.41) is 0. The minimum Gasteiger partial charge on any atom is -0.465 e. The first-order valence-electron chi connectivity index (χ1n) is 4.66. The van der Waals surface area contributed by atoms with Crippen LogP contribution in [0.15, 0.2) is 12.2 Å². The fourth-order valence-electron chi connectivity index (χ4n) is 1.30. The molecule has 1 aliphatic heterocycles. The van der Waals surface area contributed by atoms with Gasteiger partial charge in [-0.05, 0) is 25.7 Å². The zero-order valence-electron chi connectivity index (χ0n) is 7.58. The van der Waals surface area contributed by atoms with Crippen molar-refractivity contribution in [3.8, 4) is 0 Å². The lowest BCUT2D eigenvalue weighted by Crippen LogP contribution is -2.16. The third kappa shape index (κ3) is 2.68. The number of ether oxygens (including phenoxy) is 1. The van der Waals surface area contributed by atoms with Gasteiger partial charge in [0.05, 0.1) is 12.5 Å². The van der Waals surface area contributed by atoms with E-state index in [1.807, 2.05) is 6.92 Å². The number of carbonyl (C=O) groups is 1. The van der Waals surface area contributed by atoms with E-state index in [1.54, 1.807) is 0 Å². The Bertz CT molecular complexity index is 173. The Morgan fingerprint density at radius 1 is 1.58 bits per heavy atom. The minimum atomic E-state index is -0.0240. The second kappa shape index (κ2) is 4.96. The van der Waals surface area contributed by atoms with Gasteiger partial charge in [0.2, 0.25) is 0 Å². The summed E-state index contributed by atoms with van der Waals surface area (Å²) in [6, 6.07) is 0. The molecule has 0 aromatic rings. The zero-order chi connectivity index (χ0) is 8.81. The molecule has 0 N–H and O–H groups in total. The second-order valence-corrected chi connectivity index (χ2v) is 3.12. The van der Waals surface area contributed by atoms with Crippen LogP contribution in [-0.2, 0) is 9.53 Å². The molecule has 2 heteroatoms. The van der Waals surface area contributed by atoms with Crippen LogP contribution in [0.1, 0.15) is 32.6 Å². The number of rotatable bonds is 1. The van der Waals surface area contributed by atoms with Gasteiger partial charge in [-0.2, -0.15) is 0 Å². The molecule has 0 spiro atoms. The van der Waals surface area contributed by atoms with Gasteiger partial charge < -0.3 is 4.74 Å². The fraction of sp³-hybridized carbons (Fsp3) is 0.700. The van der Waals surface area contributed by atoms with E-state index in [1.165, 1.54) is 0 Å². The van der Waals surface area contributed by atoms with E-state index in [4.69, 9.17) is 4.74 Å². The molecule has 0 aromatic carbocycles. The van der Waals surface area contributed by atoms with Gasteiger partial charge in [-0.3, -0.25) is 4.79 Å². The summed E-state index contributed by atoms with van der Waals surface area (Å²) in [5.41, 5.74) is 0. The van der Waals surface area contributed by atoms with Crippen LogP contribution in [-0.4, -0.2) is 12.6 Å². The summed E-state index contributed by atoms with van der Waals surface area (Å²) in [6.45, 7) is 2.61. The standard InChI is InChI=1S/C10H16O2/c1-2-9-7-5-3-4-6-8-12-10(9)11/h3,5,9H,2,4,6-8H2,1H3/b5-3-. The molecule has 0 saturated heterocycles. The molecule has 1 rings (SSSR count). The number of esters is 1. The van der Waals surface area contributed by atoms with Crippen molar-refractivity contribution < 1.29 is 9.53 Å². The number of cyclic esters (lactones) is 1. The molecule has 0 fully saturated rings. The third-order valence-electron chi connectivity index (χ3n) is 2.17. The van der Waals surface area contributed by atoms with Crippen molar-refractivity contribution in [2.75, 3.05) is 6.61 Å². The van der Waals surface area contributed by atoms with Gasteiger partial charge in [0, 0.05) is 0 Å². The van der Waals surface area contributed by atoms with E-state index >= 15 is 0 Å². The van der Waals surface area contributed by atoms with Crippen LogP contribution in [0.2, 0.25) is 0 Å². The summed E-state index contributed by atoms with van der Waals surface area (Å²) in [5.74, 6) is 0.0587. The van der Waals surface area contributed by atoms with Gasteiger partial charge in [-0.15, -0.1) is 0 Å². The van der Waals surface area contributed by atoms with Gasteiger partial charge >= 0.3 is 5.97 Å². The van der Waals surface area contributed by atoms with E-state index in [0.29, 0.717) is 6.61 Å². The first-order chi connectivity index (χ1) is 5.84. The maximum absolute atomic E-state index is 11.3. The maximum atomic E-state index is 11.3. The molecule has 1 aliphatic rings. The number of carbonyl (C=O) groups excluding carboxylic acids is 1. The fourth-order valence-corrected chi connectivity index (χ4v) is 1.30. The number of allylic oxidation sites excluding steroid dienone is 2. The SMILES string of the molecule is CCC1C/C=C\CCCOC1=O. The maximum Gasteiger partial charge on any atom is 0.309 e. The second-order valence-electron chi connectivity index (χ2n) is 3.12. The van der Waals surface area contributed by atoms with Crippen LogP contribution in [0.25, 0.3) is 0 Å². The third-order valence-corrected chi connectivity index (χ3v) is 2.17. The van der Waals surface area contributed by atoms with Crippen molar-refractivity contribution in [2.45, 2.75) is 32.6 Å². The van der Waals surface area contributed by atoms with Gasteiger partial charge in [-0.1, -0.05) is 19.1 Å². The molecule has 68 valence electrons. The Kier molecular flexibility index (Phi) is 3.85. The summed E-state index contributed by atoms with van der Waals surface area (Å²) < 4.78 is 5.09. The average Bonchev–Trinajstić information content (AvgIpc) is 2.17. The molecule has 1 atom stereocenters. The molecule has 1 unspecified atom stereocenters. The van der Waals surface area contributed by atoms with Crippen LogP contribution in [0, 0.1) is 5.92 Å². The van der Waals surface area contributed by atoms with Gasteiger partial charge in [0.15, 0.2) is 0 Å². The van der Waals surface area contributed by atoms with E-state index in [-0.39, 0.29) is 11.9 Å². The van der Waals surface area contributed by atoms with Crippen LogP contribution < -0.4 is 0 Å². The number of hydrogen-bond acceptors (Lipinski definition) is 2. The summed E-state index contributed by atoms with van der Waals surface area (Å²) in [7, 11) is 0.